The van der Waals surface area contributed by atoms with Gasteiger partial charge in [-0.3, -0.25) is 9.69 Å². The Morgan fingerprint density at radius 1 is 0.941 bits per heavy atom. The molecule has 0 saturated carbocycles. The van der Waals surface area contributed by atoms with Gasteiger partial charge in [0.2, 0.25) is 5.91 Å². The number of amides is 1. The standard InChI is InChI=1S/C29H32N4O/c1-22-30-15-18-33(22)20-24-11-9-23(10-12-24)19-31-29(34)26-13-16-32(17-14-26)21-27-7-4-6-25-5-2-3-8-28(25)27/h2-12,15,18,26H,13-14,16-17,19-21H2,1H3,(H,31,34). The average Bonchev–Trinajstić information content (AvgIpc) is 3.28. The van der Waals surface area contributed by atoms with E-state index in [1.165, 1.54) is 21.9 Å². The van der Waals surface area contributed by atoms with Crippen LogP contribution in [0.5, 0.6) is 0 Å². The highest BCUT2D eigenvalue weighted by Crippen LogP contribution is 2.23. The van der Waals surface area contributed by atoms with Crippen LogP contribution >= 0.6 is 0 Å². The summed E-state index contributed by atoms with van der Waals surface area (Å²) in [5.74, 6) is 1.30. The van der Waals surface area contributed by atoms with E-state index < -0.39 is 0 Å². The summed E-state index contributed by atoms with van der Waals surface area (Å²) in [4.78, 5) is 19.5. The minimum atomic E-state index is 0.104. The second kappa shape index (κ2) is 10.2. The first kappa shape index (κ1) is 22.4. The van der Waals surface area contributed by atoms with E-state index in [-0.39, 0.29) is 11.8 Å². The molecule has 1 saturated heterocycles. The van der Waals surface area contributed by atoms with Crippen LogP contribution < -0.4 is 5.32 Å². The number of rotatable bonds is 7. The molecule has 34 heavy (non-hydrogen) atoms. The number of hydrogen-bond donors (Lipinski definition) is 1. The highest BCUT2D eigenvalue weighted by molar-refractivity contribution is 5.85. The van der Waals surface area contributed by atoms with Gasteiger partial charge < -0.3 is 9.88 Å². The van der Waals surface area contributed by atoms with Crippen LogP contribution in [0.25, 0.3) is 10.8 Å². The number of nitrogens with one attached hydrogen (secondary N) is 1. The molecule has 1 aliphatic rings. The SMILES string of the molecule is Cc1nccn1Cc1ccc(CNC(=O)C2CCN(Cc3cccc4ccccc34)CC2)cc1. The molecule has 0 aliphatic carbocycles. The lowest BCUT2D eigenvalue weighted by Crippen LogP contribution is -2.40. The molecular weight excluding hydrogens is 420 g/mol. The van der Waals surface area contributed by atoms with Crippen molar-refractivity contribution in [3.63, 3.8) is 0 Å². The topological polar surface area (TPSA) is 50.2 Å². The number of benzene rings is 3. The Balaban J connectivity index is 1.09. The maximum atomic E-state index is 12.8. The summed E-state index contributed by atoms with van der Waals surface area (Å²) in [6, 6.07) is 23.6. The third-order valence-electron chi connectivity index (χ3n) is 7.00. The summed E-state index contributed by atoms with van der Waals surface area (Å²) in [5, 5.41) is 5.78. The Hall–Kier alpha value is -3.44. The van der Waals surface area contributed by atoms with Crippen molar-refractivity contribution in [1.29, 1.82) is 0 Å². The van der Waals surface area contributed by atoms with Crippen LogP contribution in [0.1, 0.15) is 35.4 Å². The number of carbonyl (C=O) groups excluding carboxylic acids is 1. The molecule has 3 aromatic carbocycles. The molecule has 0 unspecified atom stereocenters. The minimum absolute atomic E-state index is 0.104. The molecule has 1 N–H and O–H groups in total. The molecule has 5 heteroatoms. The van der Waals surface area contributed by atoms with Crippen LogP contribution in [-0.4, -0.2) is 33.4 Å². The molecule has 174 valence electrons. The molecule has 1 amide bonds. The molecule has 1 fully saturated rings. The van der Waals surface area contributed by atoms with Gasteiger partial charge in [-0.1, -0.05) is 66.7 Å². The predicted octanol–water partition coefficient (Wildman–Crippen LogP) is 4.92. The van der Waals surface area contributed by atoms with E-state index in [0.717, 1.165) is 50.4 Å². The molecule has 0 bridgehead atoms. The first-order valence-electron chi connectivity index (χ1n) is 12.2. The van der Waals surface area contributed by atoms with E-state index in [1.54, 1.807) is 0 Å². The first-order valence-corrected chi connectivity index (χ1v) is 12.2. The van der Waals surface area contributed by atoms with Crippen molar-refractivity contribution >= 4 is 16.7 Å². The van der Waals surface area contributed by atoms with Crippen LogP contribution in [0.4, 0.5) is 0 Å². The lowest BCUT2D eigenvalue weighted by Gasteiger charge is -2.31. The van der Waals surface area contributed by atoms with Crippen molar-refractivity contribution in [2.45, 2.75) is 39.4 Å². The summed E-state index contributed by atoms with van der Waals surface area (Å²) < 4.78 is 2.13. The smallest absolute Gasteiger partial charge is 0.223 e. The van der Waals surface area contributed by atoms with Gasteiger partial charge in [0.1, 0.15) is 5.82 Å². The Morgan fingerprint density at radius 2 is 1.68 bits per heavy atom. The molecule has 0 radical (unpaired) electrons. The van der Waals surface area contributed by atoms with Crippen molar-refractivity contribution in [1.82, 2.24) is 19.8 Å². The van der Waals surface area contributed by atoms with Gasteiger partial charge in [-0.05, 0) is 60.3 Å². The van der Waals surface area contributed by atoms with Crippen molar-refractivity contribution < 1.29 is 4.79 Å². The zero-order valence-electron chi connectivity index (χ0n) is 19.8. The molecular formula is C29H32N4O. The fourth-order valence-electron chi connectivity index (χ4n) is 4.89. The van der Waals surface area contributed by atoms with Crippen molar-refractivity contribution in [2.24, 2.45) is 5.92 Å². The third kappa shape index (κ3) is 5.20. The summed E-state index contributed by atoms with van der Waals surface area (Å²) in [5.41, 5.74) is 3.73. The van der Waals surface area contributed by atoms with Crippen LogP contribution in [0.2, 0.25) is 0 Å². The number of nitrogens with zero attached hydrogens (tertiary/aromatic N) is 3. The Kier molecular flexibility index (Phi) is 6.72. The monoisotopic (exact) mass is 452 g/mol. The number of fused-ring (bicyclic) bond motifs is 1. The first-order chi connectivity index (χ1) is 16.7. The van der Waals surface area contributed by atoms with Crippen molar-refractivity contribution in [3.8, 4) is 0 Å². The van der Waals surface area contributed by atoms with Gasteiger partial charge in [0.05, 0.1) is 0 Å². The zero-order valence-corrected chi connectivity index (χ0v) is 19.8. The quantitative estimate of drug-likeness (QED) is 0.433. The highest BCUT2D eigenvalue weighted by atomic mass is 16.1. The molecule has 0 spiro atoms. The van der Waals surface area contributed by atoms with E-state index in [9.17, 15) is 4.79 Å². The Bertz CT molecular complexity index is 1250. The fraction of sp³-hybridized carbons (Fsp3) is 0.310. The largest absolute Gasteiger partial charge is 0.352 e. The zero-order chi connectivity index (χ0) is 23.3. The van der Waals surface area contributed by atoms with Crippen molar-refractivity contribution in [2.75, 3.05) is 13.1 Å². The Labute approximate surface area is 201 Å². The maximum Gasteiger partial charge on any atom is 0.223 e. The second-order valence-electron chi connectivity index (χ2n) is 9.33. The van der Waals surface area contributed by atoms with Gasteiger partial charge in [0, 0.05) is 37.9 Å². The molecule has 0 atom stereocenters. The van der Waals surface area contributed by atoms with E-state index >= 15 is 0 Å². The van der Waals surface area contributed by atoms with Crippen LogP contribution in [0.15, 0.2) is 79.1 Å². The predicted molar refractivity (Wildman–Crippen MR) is 136 cm³/mol. The molecule has 5 rings (SSSR count). The summed E-state index contributed by atoms with van der Waals surface area (Å²) in [6.07, 6.45) is 5.66. The number of imidazole rings is 1. The van der Waals surface area contributed by atoms with Crippen LogP contribution in [-0.2, 0) is 24.4 Å². The number of hydrogen-bond acceptors (Lipinski definition) is 3. The van der Waals surface area contributed by atoms with E-state index in [4.69, 9.17) is 0 Å². The second-order valence-corrected chi connectivity index (χ2v) is 9.33. The average molecular weight is 453 g/mol. The van der Waals surface area contributed by atoms with E-state index in [1.807, 2.05) is 19.3 Å². The summed E-state index contributed by atoms with van der Waals surface area (Å²) in [6.45, 7) is 6.28. The van der Waals surface area contributed by atoms with Crippen molar-refractivity contribution in [3.05, 3.63) is 102 Å². The fourth-order valence-corrected chi connectivity index (χ4v) is 4.89. The van der Waals surface area contributed by atoms with Crippen LogP contribution in [0, 0.1) is 12.8 Å². The lowest BCUT2D eigenvalue weighted by atomic mass is 9.95. The highest BCUT2D eigenvalue weighted by Gasteiger charge is 2.25. The van der Waals surface area contributed by atoms with Gasteiger partial charge in [0.15, 0.2) is 0 Å². The van der Waals surface area contributed by atoms with E-state index in [2.05, 4.69) is 86.5 Å². The van der Waals surface area contributed by atoms with E-state index in [0.29, 0.717) is 6.54 Å². The van der Waals surface area contributed by atoms with Gasteiger partial charge in [-0.2, -0.15) is 0 Å². The Morgan fingerprint density at radius 3 is 2.44 bits per heavy atom. The molecule has 1 aromatic heterocycles. The number of aryl methyl sites for hydroxylation is 1. The normalized spacial score (nSPS) is 15.0. The maximum absolute atomic E-state index is 12.8. The van der Waals surface area contributed by atoms with Gasteiger partial charge >= 0.3 is 0 Å². The number of likely N-dealkylation sites (tertiary alicyclic amines) is 1. The minimum Gasteiger partial charge on any atom is -0.352 e. The van der Waals surface area contributed by atoms with Gasteiger partial charge in [-0.25, -0.2) is 4.98 Å². The lowest BCUT2D eigenvalue weighted by molar-refractivity contribution is -0.126. The summed E-state index contributed by atoms with van der Waals surface area (Å²) >= 11 is 0. The summed E-state index contributed by atoms with van der Waals surface area (Å²) in [7, 11) is 0. The number of aromatic nitrogens is 2. The van der Waals surface area contributed by atoms with Crippen LogP contribution in [0.3, 0.4) is 0 Å². The number of piperidine rings is 1. The molecule has 4 aromatic rings. The number of carbonyl (C=O) groups is 1. The molecule has 2 heterocycles. The van der Waals surface area contributed by atoms with Gasteiger partial charge in [0.25, 0.3) is 0 Å². The third-order valence-corrected chi connectivity index (χ3v) is 7.00. The van der Waals surface area contributed by atoms with Gasteiger partial charge in [-0.15, -0.1) is 0 Å². The molecule has 5 nitrogen and oxygen atoms in total. The molecule has 1 aliphatic heterocycles.